The molecule has 1 heterocycles. The van der Waals surface area contributed by atoms with Gasteiger partial charge in [-0.3, -0.25) is 9.59 Å². The monoisotopic (exact) mass is 323 g/mol. The molecule has 2 aromatic rings. The van der Waals surface area contributed by atoms with Crippen LogP contribution < -0.4 is 0 Å². The highest BCUT2D eigenvalue weighted by molar-refractivity contribution is 5.86. The standard InChI is InChI=1S/C20H21NO3/c22-19(21-9-3-6-16(12-21)20(23)24)18-11-17(18)15-8-7-13-4-1-2-5-14(13)10-15/h1-2,4-5,7-8,10,16-18H,3,6,9,11-12H2,(H,23,24)/t16-,17-,18+/m1/s1. The van der Waals surface area contributed by atoms with Gasteiger partial charge in [-0.2, -0.15) is 0 Å². The number of likely N-dealkylation sites (tertiary alicyclic amines) is 1. The highest BCUT2D eigenvalue weighted by Crippen LogP contribution is 2.49. The van der Waals surface area contributed by atoms with Gasteiger partial charge in [-0.1, -0.05) is 42.5 Å². The number of aliphatic carboxylic acids is 1. The minimum atomic E-state index is -0.783. The molecule has 1 aliphatic carbocycles. The topological polar surface area (TPSA) is 57.6 Å². The second-order valence-electron chi connectivity index (χ2n) is 7.02. The summed E-state index contributed by atoms with van der Waals surface area (Å²) in [6.45, 7) is 1.07. The van der Waals surface area contributed by atoms with Gasteiger partial charge in [0.25, 0.3) is 0 Å². The maximum atomic E-state index is 12.7. The van der Waals surface area contributed by atoms with Gasteiger partial charge in [0.1, 0.15) is 0 Å². The maximum Gasteiger partial charge on any atom is 0.308 e. The molecule has 3 atom stereocenters. The Morgan fingerprint density at radius 2 is 1.88 bits per heavy atom. The molecule has 1 saturated heterocycles. The van der Waals surface area contributed by atoms with Gasteiger partial charge in [0.15, 0.2) is 0 Å². The fourth-order valence-corrected chi connectivity index (χ4v) is 3.89. The number of carboxylic acid groups (broad SMARTS) is 1. The van der Waals surface area contributed by atoms with Crippen LogP contribution in [0.25, 0.3) is 10.8 Å². The Labute approximate surface area is 141 Å². The van der Waals surface area contributed by atoms with Crippen LogP contribution in [0.4, 0.5) is 0 Å². The van der Waals surface area contributed by atoms with E-state index in [-0.39, 0.29) is 17.7 Å². The number of hydrogen-bond donors (Lipinski definition) is 1. The smallest absolute Gasteiger partial charge is 0.308 e. The molecule has 1 aliphatic heterocycles. The fourth-order valence-electron chi connectivity index (χ4n) is 3.89. The van der Waals surface area contributed by atoms with Crippen molar-refractivity contribution in [2.75, 3.05) is 13.1 Å². The van der Waals surface area contributed by atoms with Gasteiger partial charge in [-0.25, -0.2) is 0 Å². The minimum Gasteiger partial charge on any atom is -0.481 e. The molecule has 1 amide bonds. The van der Waals surface area contributed by atoms with Crippen LogP contribution in [0.2, 0.25) is 0 Å². The Bertz CT molecular complexity index is 800. The fraction of sp³-hybridized carbons (Fsp3) is 0.400. The van der Waals surface area contributed by atoms with Crippen LogP contribution in [0, 0.1) is 11.8 Å². The van der Waals surface area contributed by atoms with E-state index in [0.717, 1.165) is 12.8 Å². The van der Waals surface area contributed by atoms with Crippen LogP contribution in [0.15, 0.2) is 42.5 Å². The zero-order valence-corrected chi connectivity index (χ0v) is 13.5. The third-order valence-corrected chi connectivity index (χ3v) is 5.39. The second kappa shape index (κ2) is 5.93. The number of carboxylic acids is 1. The summed E-state index contributed by atoms with van der Waals surface area (Å²) in [4.78, 5) is 25.7. The molecule has 1 saturated carbocycles. The predicted octanol–water partition coefficient (Wildman–Crippen LogP) is 3.27. The van der Waals surface area contributed by atoms with Crippen molar-refractivity contribution >= 4 is 22.6 Å². The highest BCUT2D eigenvalue weighted by Gasteiger charge is 2.46. The summed E-state index contributed by atoms with van der Waals surface area (Å²) in [5.74, 6) is -0.736. The Morgan fingerprint density at radius 3 is 2.67 bits per heavy atom. The number of nitrogens with zero attached hydrogens (tertiary/aromatic N) is 1. The zero-order chi connectivity index (χ0) is 16.7. The van der Waals surface area contributed by atoms with E-state index in [9.17, 15) is 14.7 Å². The maximum absolute atomic E-state index is 12.7. The van der Waals surface area contributed by atoms with Gasteiger partial charge < -0.3 is 10.0 Å². The van der Waals surface area contributed by atoms with Gasteiger partial charge in [0.05, 0.1) is 5.92 Å². The van der Waals surface area contributed by atoms with Crippen molar-refractivity contribution in [1.29, 1.82) is 0 Å². The number of fused-ring (bicyclic) bond motifs is 1. The van der Waals surface area contributed by atoms with E-state index in [2.05, 4.69) is 30.3 Å². The Kier molecular flexibility index (Phi) is 3.75. The van der Waals surface area contributed by atoms with Crippen molar-refractivity contribution in [1.82, 2.24) is 4.90 Å². The Morgan fingerprint density at radius 1 is 1.08 bits per heavy atom. The van der Waals surface area contributed by atoms with E-state index >= 15 is 0 Å². The summed E-state index contributed by atoms with van der Waals surface area (Å²) < 4.78 is 0. The van der Waals surface area contributed by atoms with Crippen LogP contribution in [-0.4, -0.2) is 35.0 Å². The van der Waals surface area contributed by atoms with Gasteiger partial charge in [0, 0.05) is 19.0 Å². The van der Waals surface area contributed by atoms with E-state index in [4.69, 9.17) is 0 Å². The van der Waals surface area contributed by atoms with E-state index in [1.54, 1.807) is 4.90 Å². The molecular formula is C20H21NO3. The van der Waals surface area contributed by atoms with Crippen molar-refractivity contribution in [2.24, 2.45) is 11.8 Å². The molecule has 1 N–H and O–H groups in total. The van der Waals surface area contributed by atoms with Gasteiger partial charge in [-0.15, -0.1) is 0 Å². The first-order chi connectivity index (χ1) is 11.6. The summed E-state index contributed by atoms with van der Waals surface area (Å²) in [5, 5.41) is 11.6. The first-order valence-corrected chi connectivity index (χ1v) is 8.64. The molecule has 2 aromatic carbocycles. The quantitative estimate of drug-likeness (QED) is 0.943. The van der Waals surface area contributed by atoms with Crippen LogP contribution in [0.5, 0.6) is 0 Å². The molecule has 4 nitrogen and oxygen atoms in total. The van der Waals surface area contributed by atoms with Crippen LogP contribution in [0.3, 0.4) is 0 Å². The number of carbonyl (C=O) groups excluding carboxylic acids is 1. The second-order valence-corrected chi connectivity index (χ2v) is 7.02. The molecule has 24 heavy (non-hydrogen) atoms. The average Bonchev–Trinajstić information content (AvgIpc) is 3.41. The van der Waals surface area contributed by atoms with E-state index in [0.29, 0.717) is 19.5 Å². The minimum absolute atomic E-state index is 0.0266. The molecular weight excluding hydrogens is 302 g/mol. The average molecular weight is 323 g/mol. The number of piperidine rings is 1. The Balaban J connectivity index is 1.46. The van der Waals surface area contributed by atoms with Crippen LogP contribution in [0.1, 0.15) is 30.7 Å². The molecule has 2 aliphatic rings. The molecule has 0 bridgehead atoms. The van der Waals surface area contributed by atoms with Gasteiger partial charge in [0.2, 0.25) is 5.91 Å². The SMILES string of the molecule is O=C(O)[C@@H]1CCCN(C(=O)[C@H]2C[C@@H]2c2ccc3ccccc3c2)C1. The van der Waals surface area contributed by atoms with E-state index in [1.807, 2.05) is 12.1 Å². The van der Waals surface area contributed by atoms with Crippen molar-refractivity contribution in [2.45, 2.75) is 25.2 Å². The van der Waals surface area contributed by atoms with Crippen molar-refractivity contribution in [3.05, 3.63) is 48.0 Å². The molecule has 0 radical (unpaired) electrons. The number of rotatable bonds is 3. The zero-order valence-electron chi connectivity index (χ0n) is 13.5. The molecule has 124 valence electrons. The largest absolute Gasteiger partial charge is 0.481 e. The third kappa shape index (κ3) is 2.77. The molecule has 2 fully saturated rings. The number of benzene rings is 2. The third-order valence-electron chi connectivity index (χ3n) is 5.39. The molecule has 4 heteroatoms. The van der Waals surface area contributed by atoms with E-state index < -0.39 is 11.9 Å². The molecule has 0 aromatic heterocycles. The molecule has 4 rings (SSSR count). The molecule has 0 spiro atoms. The van der Waals surface area contributed by atoms with Crippen molar-refractivity contribution < 1.29 is 14.7 Å². The lowest BCUT2D eigenvalue weighted by Gasteiger charge is -2.31. The van der Waals surface area contributed by atoms with Crippen molar-refractivity contribution in [3.63, 3.8) is 0 Å². The first kappa shape index (κ1) is 15.2. The summed E-state index contributed by atoms with van der Waals surface area (Å²) in [5.41, 5.74) is 1.22. The summed E-state index contributed by atoms with van der Waals surface area (Å²) >= 11 is 0. The van der Waals surface area contributed by atoms with Crippen molar-refractivity contribution in [3.8, 4) is 0 Å². The summed E-state index contributed by atoms with van der Waals surface area (Å²) in [7, 11) is 0. The Hall–Kier alpha value is -2.36. The number of hydrogen-bond acceptors (Lipinski definition) is 2. The lowest BCUT2D eigenvalue weighted by molar-refractivity contribution is -0.146. The summed E-state index contributed by atoms with van der Waals surface area (Å²) in [6.07, 6.45) is 2.35. The van der Waals surface area contributed by atoms with Crippen LogP contribution in [-0.2, 0) is 9.59 Å². The van der Waals surface area contributed by atoms with Gasteiger partial charge >= 0.3 is 5.97 Å². The number of amides is 1. The highest BCUT2D eigenvalue weighted by atomic mass is 16.4. The van der Waals surface area contributed by atoms with E-state index in [1.165, 1.54) is 16.3 Å². The lowest BCUT2D eigenvalue weighted by atomic mass is 9.97. The van der Waals surface area contributed by atoms with Crippen LogP contribution >= 0.6 is 0 Å². The predicted molar refractivity (Wildman–Crippen MR) is 91.7 cm³/mol. The summed E-state index contributed by atoms with van der Waals surface area (Å²) in [6, 6.07) is 14.7. The normalized spacial score (nSPS) is 26.3. The first-order valence-electron chi connectivity index (χ1n) is 8.64. The number of carbonyl (C=O) groups is 2. The molecule has 0 unspecified atom stereocenters. The van der Waals surface area contributed by atoms with Gasteiger partial charge in [-0.05, 0) is 41.5 Å². The lowest BCUT2D eigenvalue weighted by Crippen LogP contribution is -2.43.